The molecule has 0 spiro atoms. The number of hydrogen-bond donors (Lipinski definition) is 1. The van der Waals surface area contributed by atoms with E-state index in [2.05, 4.69) is 5.32 Å². The minimum atomic E-state index is -0.698. The fourth-order valence-electron chi connectivity index (χ4n) is 3.21. The third kappa shape index (κ3) is 7.78. The number of carbonyl (C=O) groups excluding carboxylic acids is 2. The molecular weight excluding hydrogens is 506 g/mol. The molecule has 0 saturated carbocycles. The maximum Gasteiger partial charge on any atom is 0.243 e. The lowest BCUT2D eigenvalue weighted by molar-refractivity contribution is -0.139. The first kappa shape index (κ1) is 27.8. The van der Waals surface area contributed by atoms with Gasteiger partial charge < -0.3 is 10.2 Å². The summed E-state index contributed by atoms with van der Waals surface area (Å²) in [5.41, 5.74) is 0.922. The molecule has 0 aromatic heterocycles. The van der Waals surface area contributed by atoms with Gasteiger partial charge in [0.25, 0.3) is 0 Å². The number of nitrogens with zero attached hydrogens (tertiary/aromatic N) is 1. The number of hydrogen-bond acceptors (Lipinski definition) is 3. The molecule has 0 aliphatic carbocycles. The molecule has 0 unspecified atom stereocenters. The van der Waals surface area contributed by atoms with Crippen LogP contribution in [-0.4, -0.2) is 34.6 Å². The predicted octanol–water partition coefficient (Wildman–Crippen LogP) is 6.74. The van der Waals surface area contributed by atoms with Crippen molar-refractivity contribution in [2.24, 2.45) is 0 Å². The average Bonchev–Trinajstić information content (AvgIpc) is 2.77. The first-order chi connectivity index (χ1) is 15.7. The largest absolute Gasteiger partial charge is 0.352 e. The van der Waals surface area contributed by atoms with Crippen LogP contribution in [0, 0.1) is 5.82 Å². The van der Waals surface area contributed by atoms with Gasteiger partial charge in [-0.25, -0.2) is 4.39 Å². The van der Waals surface area contributed by atoms with E-state index in [0.717, 1.165) is 6.42 Å². The molecule has 0 saturated heterocycles. The minimum absolute atomic E-state index is 0.0232. The van der Waals surface area contributed by atoms with Crippen molar-refractivity contribution in [1.29, 1.82) is 0 Å². The summed E-state index contributed by atoms with van der Waals surface area (Å²) in [6.45, 7) is 5.82. The quantitative estimate of drug-likeness (QED) is 0.348. The summed E-state index contributed by atoms with van der Waals surface area (Å²) in [5.74, 6) is -0.644. The molecule has 0 bridgehead atoms. The van der Waals surface area contributed by atoms with E-state index >= 15 is 0 Å². The smallest absolute Gasteiger partial charge is 0.243 e. The van der Waals surface area contributed by atoms with Crippen molar-refractivity contribution in [3.63, 3.8) is 0 Å². The molecule has 0 radical (unpaired) electrons. The standard InChI is InChI=1S/C24H28Cl3FN2O2S/c1-4-15(3)29-24(32)22(5-2)30(12-16-18(25)8-6-9-19(16)26)23(31)14-33-13-17-20(27)10-7-11-21(17)28/h6-11,15,22H,4-5,12-14H2,1-3H3,(H,29,32)/t15-,22+/m1/s1. The number of rotatable bonds is 11. The molecule has 9 heteroatoms. The van der Waals surface area contributed by atoms with Gasteiger partial charge in [0.15, 0.2) is 0 Å². The molecular formula is C24H28Cl3FN2O2S. The van der Waals surface area contributed by atoms with Crippen LogP contribution in [0.4, 0.5) is 4.39 Å². The van der Waals surface area contributed by atoms with Crippen molar-refractivity contribution in [3.05, 3.63) is 68.4 Å². The highest BCUT2D eigenvalue weighted by molar-refractivity contribution is 7.99. The van der Waals surface area contributed by atoms with Crippen molar-refractivity contribution in [1.82, 2.24) is 10.2 Å². The summed E-state index contributed by atoms with van der Waals surface area (Å²) >= 11 is 20.0. The van der Waals surface area contributed by atoms with Crippen molar-refractivity contribution in [2.45, 2.75) is 58.0 Å². The van der Waals surface area contributed by atoms with Crippen molar-refractivity contribution < 1.29 is 14.0 Å². The van der Waals surface area contributed by atoms with Crippen LogP contribution >= 0.6 is 46.6 Å². The van der Waals surface area contributed by atoms with Crippen molar-refractivity contribution in [3.8, 4) is 0 Å². The van der Waals surface area contributed by atoms with E-state index in [4.69, 9.17) is 34.8 Å². The highest BCUT2D eigenvalue weighted by Gasteiger charge is 2.30. The Morgan fingerprint density at radius 1 is 1.00 bits per heavy atom. The highest BCUT2D eigenvalue weighted by Crippen LogP contribution is 2.28. The van der Waals surface area contributed by atoms with Gasteiger partial charge in [0.05, 0.1) is 5.75 Å². The number of thioether (sulfide) groups is 1. The Kier molecular flexibility index (Phi) is 11.3. The van der Waals surface area contributed by atoms with Crippen LogP contribution < -0.4 is 5.32 Å². The molecule has 0 heterocycles. The second-order valence-corrected chi connectivity index (χ2v) is 9.86. The lowest BCUT2D eigenvalue weighted by Crippen LogP contribution is -2.51. The Morgan fingerprint density at radius 2 is 1.58 bits per heavy atom. The van der Waals surface area contributed by atoms with E-state index in [9.17, 15) is 14.0 Å². The Hall–Kier alpha value is -1.47. The van der Waals surface area contributed by atoms with Crippen LogP contribution in [0.25, 0.3) is 0 Å². The van der Waals surface area contributed by atoms with Crippen LogP contribution in [0.5, 0.6) is 0 Å². The lowest BCUT2D eigenvalue weighted by Gasteiger charge is -2.32. The van der Waals surface area contributed by atoms with Crippen LogP contribution in [-0.2, 0) is 21.9 Å². The predicted molar refractivity (Wildman–Crippen MR) is 137 cm³/mol. The average molecular weight is 534 g/mol. The summed E-state index contributed by atoms with van der Waals surface area (Å²) < 4.78 is 14.1. The molecule has 2 amide bonds. The fourth-order valence-corrected chi connectivity index (χ4v) is 4.97. The molecule has 0 fully saturated rings. The fraction of sp³-hybridized carbons (Fsp3) is 0.417. The lowest BCUT2D eigenvalue weighted by atomic mass is 10.1. The second-order valence-electron chi connectivity index (χ2n) is 7.66. The highest BCUT2D eigenvalue weighted by atomic mass is 35.5. The minimum Gasteiger partial charge on any atom is -0.352 e. The van der Waals surface area contributed by atoms with E-state index in [1.807, 2.05) is 20.8 Å². The molecule has 0 aliphatic rings. The molecule has 4 nitrogen and oxygen atoms in total. The maximum atomic E-state index is 14.1. The van der Waals surface area contributed by atoms with Gasteiger partial charge >= 0.3 is 0 Å². The van der Waals surface area contributed by atoms with Crippen molar-refractivity contribution >= 4 is 58.4 Å². The molecule has 180 valence electrons. The third-order valence-corrected chi connectivity index (χ3v) is 7.32. The van der Waals surface area contributed by atoms with Gasteiger partial charge in [0, 0.05) is 44.5 Å². The molecule has 2 aromatic carbocycles. The number of amides is 2. The van der Waals surface area contributed by atoms with E-state index in [0.29, 0.717) is 32.6 Å². The first-order valence-electron chi connectivity index (χ1n) is 10.7. The summed E-state index contributed by atoms with van der Waals surface area (Å²) in [7, 11) is 0. The maximum absolute atomic E-state index is 14.1. The van der Waals surface area contributed by atoms with Crippen LogP contribution in [0.1, 0.15) is 44.7 Å². The third-order valence-electron chi connectivity index (χ3n) is 5.31. The Labute approximate surface area is 214 Å². The summed E-state index contributed by atoms with van der Waals surface area (Å²) in [5, 5.41) is 4.11. The number of benzene rings is 2. The molecule has 2 aromatic rings. The van der Waals surface area contributed by atoms with E-state index in [1.54, 1.807) is 24.3 Å². The molecule has 2 rings (SSSR count). The van der Waals surface area contributed by atoms with Crippen LogP contribution in [0.15, 0.2) is 36.4 Å². The number of halogens is 4. The summed E-state index contributed by atoms with van der Waals surface area (Å²) in [6.07, 6.45) is 1.19. The van der Waals surface area contributed by atoms with E-state index in [-0.39, 0.29) is 35.9 Å². The first-order valence-corrected chi connectivity index (χ1v) is 13.0. The van der Waals surface area contributed by atoms with Crippen LogP contribution in [0.3, 0.4) is 0 Å². The van der Waals surface area contributed by atoms with E-state index < -0.39 is 11.9 Å². The Balaban J connectivity index is 2.24. The van der Waals surface area contributed by atoms with Gasteiger partial charge in [0.1, 0.15) is 11.9 Å². The molecule has 2 atom stereocenters. The summed E-state index contributed by atoms with van der Waals surface area (Å²) in [4.78, 5) is 27.8. The van der Waals surface area contributed by atoms with Gasteiger partial charge in [0.2, 0.25) is 11.8 Å². The zero-order valence-electron chi connectivity index (χ0n) is 18.8. The monoisotopic (exact) mass is 532 g/mol. The number of carbonyl (C=O) groups is 2. The van der Waals surface area contributed by atoms with Gasteiger partial charge in [-0.15, -0.1) is 11.8 Å². The zero-order chi connectivity index (χ0) is 24.5. The SMILES string of the molecule is CC[C@@H](C)NC(=O)[C@H](CC)N(Cc1c(Cl)cccc1Cl)C(=O)CSCc1c(F)cccc1Cl. The van der Waals surface area contributed by atoms with Crippen molar-refractivity contribution in [2.75, 3.05) is 5.75 Å². The van der Waals surface area contributed by atoms with Crippen LogP contribution in [0.2, 0.25) is 15.1 Å². The van der Waals surface area contributed by atoms with Gasteiger partial charge in [-0.3, -0.25) is 9.59 Å². The molecule has 33 heavy (non-hydrogen) atoms. The van der Waals surface area contributed by atoms with E-state index in [1.165, 1.54) is 28.8 Å². The van der Waals surface area contributed by atoms with Gasteiger partial charge in [-0.05, 0) is 44.0 Å². The zero-order valence-corrected chi connectivity index (χ0v) is 21.9. The number of nitrogens with one attached hydrogen (secondary N) is 1. The molecule has 1 N–H and O–H groups in total. The Bertz CT molecular complexity index is 936. The summed E-state index contributed by atoms with van der Waals surface area (Å²) in [6, 6.07) is 8.87. The normalized spacial score (nSPS) is 12.8. The topological polar surface area (TPSA) is 49.4 Å². The second kappa shape index (κ2) is 13.4. The molecule has 0 aliphatic heterocycles. The van der Waals surface area contributed by atoms with Gasteiger partial charge in [-0.2, -0.15) is 0 Å². The Morgan fingerprint density at radius 3 is 2.12 bits per heavy atom. The van der Waals surface area contributed by atoms with Gasteiger partial charge in [-0.1, -0.05) is 60.8 Å².